The van der Waals surface area contributed by atoms with Gasteiger partial charge < -0.3 is 0 Å². The molecule has 0 bridgehead atoms. The van der Waals surface area contributed by atoms with Crippen molar-refractivity contribution in [3.8, 4) is 0 Å². The van der Waals surface area contributed by atoms with E-state index in [4.69, 9.17) is 11.6 Å². The molecule has 0 atom stereocenters. The van der Waals surface area contributed by atoms with Crippen molar-refractivity contribution in [3.05, 3.63) is 48.5 Å². The molecule has 1 heterocycles. The number of Topliss-reactive ketones (excluding diaryl/α,β-unsaturated/α-hetero) is 1. The van der Waals surface area contributed by atoms with Gasteiger partial charge >= 0.3 is 0 Å². The van der Waals surface area contributed by atoms with E-state index in [1.54, 1.807) is 0 Å². The second-order valence-corrected chi connectivity index (χ2v) is 8.64. The number of thiophene rings is 1. The summed E-state index contributed by atoms with van der Waals surface area (Å²) in [6, 6.07) is 9.33. The van der Waals surface area contributed by atoms with Crippen molar-refractivity contribution >= 4 is 72.3 Å². The van der Waals surface area contributed by atoms with E-state index in [9.17, 15) is 4.79 Å². The van der Waals surface area contributed by atoms with Crippen LogP contribution in [-0.2, 0) is 0 Å². The van der Waals surface area contributed by atoms with Crippen LogP contribution in [0.25, 0.3) is 0 Å². The number of halogens is 3. The highest BCUT2D eigenvalue weighted by molar-refractivity contribution is 9.12. The van der Waals surface area contributed by atoms with Gasteiger partial charge in [-0.15, -0.1) is 23.1 Å². The van der Waals surface area contributed by atoms with Crippen LogP contribution in [0.3, 0.4) is 0 Å². The Kier molecular flexibility index (Phi) is 5.33. The lowest BCUT2D eigenvalue weighted by molar-refractivity contribution is 0.102. The number of thioether (sulfide) groups is 1. The van der Waals surface area contributed by atoms with Crippen molar-refractivity contribution in [2.75, 3.05) is 5.75 Å². The van der Waals surface area contributed by atoms with Crippen molar-refractivity contribution in [1.82, 2.24) is 0 Å². The quantitative estimate of drug-likeness (QED) is 0.447. The van der Waals surface area contributed by atoms with Gasteiger partial charge in [0.1, 0.15) is 0 Å². The van der Waals surface area contributed by atoms with Crippen molar-refractivity contribution in [1.29, 1.82) is 0 Å². The van der Waals surface area contributed by atoms with Crippen LogP contribution >= 0.6 is 66.6 Å². The number of rotatable bonds is 4. The molecule has 0 spiro atoms. The van der Waals surface area contributed by atoms with Crippen LogP contribution < -0.4 is 0 Å². The van der Waals surface area contributed by atoms with Crippen LogP contribution in [0, 0.1) is 0 Å². The highest BCUT2D eigenvalue weighted by Crippen LogP contribution is 2.33. The average Bonchev–Trinajstić information content (AvgIpc) is 2.67. The first kappa shape index (κ1) is 14.6. The fourth-order valence-electron chi connectivity index (χ4n) is 1.29. The second kappa shape index (κ2) is 6.57. The Bertz CT molecular complexity index is 566. The minimum absolute atomic E-state index is 0.115. The van der Waals surface area contributed by atoms with Gasteiger partial charge in [-0.25, -0.2) is 0 Å². The zero-order valence-corrected chi connectivity index (χ0v) is 14.5. The van der Waals surface area contributed by atoms with Crippen LogP contribution in [0.15, 0.2) is 42.8 Å². The summed E-state index contributed by atoms with van der Waals surface area (Å²) in [5.74, 6) is 0.535. The topological polar surface area (TPSA) is 17.1 Å². The van der Waals surface area contributed by atoms with Crippen molar-refractivity contribution in [2.24, 2.45) is 0 Å². The molecule has 0 N–H and O–H groups in total. The zero-order chi connectivity index (χ0) is 13.1. The van der Waals surface area contributed by atoms with E-state index < -0.39 is 0 Å². The van der Waals surface area contributed by atoms with E-state index in [0.717, 1.165) is 18.0 Å². The van der Waals surface area contributed by atoms with Gasteiger partial charge in [-0.1, -0.05) is 11.6 Å². The second-order valence-electron chi connectivity index (χ2n) is 3.40. The molecule has 0 fully saturated rings. The van der Waals surface area contributed by atoms with Gasteiger partial charge in [0, 0.05) is 15.5 Å². The number of carbonyl (C=O) groups excluding carboxylic acids is 1. The molecule has 0 aliphatic carbocycles. The monoisotopic (exact) mass is 424 g/mol. The first-order chi connectivity index (χ1) is 8.56. The van der Waals surface area contributed by atoms with Gasteiger partial charge in [-0.3, -0.25) is 4.79 Å². The molecule has 6 heteroatoms. The molecule has 2 rings (SSSR count). The first-order valence-electron chi connectivity index (χ1n) is 4.92. The first-order valence-corrected chi connectivity index (χ1v) is 8.69. The molecule has 0 saturated carbocycles. The fraction of sp³-hybridized carbons (Fsp3) is 0.0833. The largest absolute Gasteiger partial charge is 0.293 e. The fourth-order valence-corrected chi connectivity index (χ4v) is 5.05. The average molecular weight is 427 g/mol. The predicted octanol–water partition coefficient (Wildman–Crippen LogP) is 5.90. The van der Waals surface area contributed by atoms with Gasteiger partial charge in [0.2, 0.25) is 0 Å². The number of ketones is 1. The van der Waals surface area contributed by atoms with Gasteiger partial charge in [0.05, 0.1) is 13.3 Å². The Morgan fingerprint density at radius 3 is 2.50 bits per heavy atom. The molecule has 1 aromatic heterocycles. The maximum absolute atomic E-state index is 12.0. The maximum Gasteiger partial charge on any atom is 0.175 e. The molecular weight excluding hydrogens is 420 g/mol. The van der Waals surface area contributed by atoms with Crippen LogP contribution in [0.1, 0.15) is 10.4 Å². The predicted molar refractivity (Wildman–Crippen MR) is 86.2 cm³/mol. The number of hydrogen-bond donors (Lipinski definition) is 0. The molecule has 1 aromatic carbocycles. The van der Waals surface area contributed by atoms with Crippen molar-refractivity contribution < 1.29 is 4.79 Å². The van der Waals surface area contributed by atoms with E-state index >= 15 is 0 Å². The van der Waals surface area contributed by atoms with Gasteiger partial charge in [0.25, 0.3) is 0 Å². The molecule has 0 amide bonds. The van der Waals surface area contributed by atoms with Crippen LogP contribution in [-0.4, -0.2) is 11.5 Å². The maximum atomic E-state index is 12.0. The molecule has 2 aromatic rings. The molecule has 0 radical (unpaired) electrons. The van der Waals surface area contributed by atoms with Crippen LogP contribution in [0.2, 0.25) is 5.02 Å². The van der Waals surface area contributed by atoms with Gasteiger partial charge in [0.15, 0.2) is 5.78 Å². The molecule has 94 valence electrons. The Balaban J connectivity index is 2.00. The highest BCUT2D eigenvalue weighted by Gasteiger charge is 2.13. The third-order valence-corrected chi connectivity index (χ3v) is 5.74. The molecular formula is C12H7Br2ClOS2. The number of hydrogen-bond acceptors (Lipinski definition) is 3. The normalized spacial score (nSPS) is 10.6. The zero-order valence-electron chi connectivity index (χ0n) is 8.95. The number of benzene rings is 1. The van der Waals surface area contributed by atoms with Crippen molar-refractivity contribution in [3.63, 3.8) is 0 Å². The van der Waals surface area contributed by atoms with E-state index in [2.05, 4.69) is 31.9 Å². The van der Waals surface area contributed by atoms with Crippen LogP contribution in [0.5, 0.6) is 0 Å². The Morgan fingerprint density at radius 1 is 1.28 bits per heavy atom. The lowest BCUT2D eigenvalue weighted by Crippen LogP contribution is -2.01. The van der Waals surface area contributed by atoms with E-state index in [1.807, 2.05) is 30.3 Å². The number of carbonyl (C=O) groups is 1. The molecule has 0 saturated heterocycles. The molecule has 0 unspecified atom stereocenters. The Labute approximate surface area is 135 Å². The summed E-state index contributed by atoms with van der Waals surface area (Å²) in [5, 5.41) is 0.704. The summed E-state index contributed by atoms with van der Waals surface area (Å²) < 4.78 is 1.82. The van der Waals surface area contributed by atoms with E-state index in [0.29, 0.717) is 10.8 Å². The van der Waals surface area contributed by atoms with Gasteiger partial charge in [-0.05, 0) is 62.2 Å². The lowest BCUT2D eigenvalue weighted by Gasteiger charge is -2.01. The smallest absolute Gasteiger partial charge is 0.175 e. The van der Waals surface area contributed by atoms with E-state index in [1.165, 1.54) is 23.1 Å². The SMILES string of the molecule is O=C(CSc1ccc(Cl)cc1)c1cc(Br)sc1Br. The highest BCUT2D eigenvalue weighted by atomic mass is 79.9. The summed E-state index contributed by atoms with van der Waals surface area (Å²) >= 11 is 15.6. The van der Waals surface area contributed by atoms with Crippen molar-refractivity contribution in [2.45, 2.75) is 4.90 Å². The minimum atomic E-state index is 0.115. The summed E-state index contributed by atoms with van der Waals surface area (Å²) in [7, 11) is 0. The third-order valence-electron chi connectivity index (χ3n) is 2.14. The minimum Gasteiger partial charge on any atom is -0.293 e. The summed E-state index contributed by atoms with van der Waals surface area (Å²) in [6.45, 7) is 0. The summed E-state index contributed by atoms with van der Waals surface area (Å²) in [5.41, 5.74) is 0.730. The van der Waals surface area contributed by atoms with E-state index in [-0.39, 0.29) is 5.78 Å². The van der Waals surface area contributed by atoms with Gasteiger partial charge in [-0.2, -0.15) is 0 Å². The summed E-state index contributed by atoms with van der Waals surface area (Å²) in [4.78, 5) is 13.1. The van der Waals surface area contributed by atoms with Crippen LogP contribution in [0.4, 0.5) is 0 Å². The standard InChI is InChI=1S/C12H7Br2ClOS2/c13-11-5-9(12(14)18-11)10(16)6-17-8-3-1-7(15)2-4-8/h1-5H,6H2. The Morgan fingerprint density at radius 2 is 1.94 bits per heavy atom. The molecule has 18 heavy (non-hydrogen) atoms. The molecule has 1 nitrogen and oxygen atoms in total. The lowest BCUT2D eigenvalue weighted by atomic mass is 10.2. The molecule has 0 aliphatic heterocycles. The Hall–Kier alpha value is 0.190. The third kappa shape index (κ3) is 3.84. The molecule has 0 aliphatic rings. The summed E-state index contributed by atoms with van der Waals surface area (Å²) in [6.07, 6.45) is 0.